The fourth-order valence-corrected chi connectivity index (χ4v) is 4.24. The van der Waals surface area contributed by atoms with Crippen LogP contribution >= 0.6 is 11.3 Å². The lowest BCUT2D eigenvalue weighted by Crippen LogP contribution is -2.23. The maximum atomic E-state index is 4.49. The predicted molar refractivity (Wildman–Crippen MR) is 86.2 cm³/mol. The Labute approximate surface area is 128 Å². The Balaban J connectivity index is 1.58. The van der Waals surface area contributed by atoms with E-state index in [1.165, 1.54) is 27.8 Å². The van der Waals surface area contributed by atoms with Crippen LogP contribution in [0.25, 0.3) is 10.1 Å². The van der Waals surface area contributed by atoms with Crippen LogP contribution in [0, 0.1) is 0 Å². The van der Waals surface area contributed by atoms with Crippen molar-refractivity contribution in [3.63, 3.8) is 0 Å². The summed E-state index contributed by atoms with van der Waals surface area (Å²) >= 11 is 1.90. The van der Waals surface area contributed by atoms with Crippen molar-refractivity contribution >= 4 is 21.4 Å². The zero-order chi connectivity index (χ0) is 14.1. The molecule has 0 bridgehead atoms. The first-order valence-electron chi connectivity index (χ1n) is 7.37. The van der Waals surface area contributed by atoms with Gasteiger partial charge in [0.05, 0.1) is 11.7 Å². The molecule has 1 saturated heterocycles. The normalized spacial score (nSPS) is 19.3. The van der Waals surface area contributed by atoms with E-state index in [0.717, 1.165) is 18.8 Å². The molecular weight excluding hydrogens is 278 g/mol. The minimum atomic E-state index is 0.420. The topological polar surface area (TPSA) is 29.0 Å². The van der Waals surface area contributed by atoms with Crippen LogP contribution in [0.15, 0.2) is 48.9 Å². The molecule has 0 radical (unpaired) electrons. The van der Waals surface area contributed by atoms with Crippen LogP contribution in [0.2, 0.25) is 0 Å². The van der Waals surface area contributed by atoms with Crippen molar-refractivity contribution in [3.05, 3.63) is 59.5 Å². The number of nitrogens with zero attached hydrogens (tertiary/aromatic N) is 3. The first-order valence-corrected chi connectivity index (χ1v) is 8.19. The van der Waals surface area contributed by atoms with Gasteiger partial charge in [0.15, 0.2) is 0 Å². The molecule has 3 aromatic rings. The van der Waals surface area contributed by atoms with Crippen molar-refractivity contribution in [2.75, 3.05) is 6.54 Å². The Morgan fingerprint density at radius 2 is 2.19 bits per heavy atom. The van der Waals surface area contributed by atoms with E-state index >= 15 is 0 Å². The molecule has 1 aliphatic heterocycles. The van der Waals surface area contributed by atoms with E-state index in [1.807, 2.05) is 17.5 Å². The standard InChI is InChI=1S/C17H17N3S/c1-2-6-17-13(4-1)10-14(21-17)12-20-9-3-5-16(20)15-11-18-7-8-19-15/h1-2,4,6-8,10-11,16H,3,5,9,12H2. The first-order chi connectivity index (χ1) is 10.4. The van der Waals surface area contributed by atoms with Crippen LogP contribution in [0.4, 0.5) is 0 Å². The summed E-state index contributed by atoms with van der Waals surface area (Å²) in [6, 6.07) is 11.4. The molecule has 21 heavy (non-hydrogen) atoms. The molecule has 106 valence electrons. The number of benzene rings is 1. The number of aromatic nitrogens is 2. The summed E-state index contributed by atoms with van der Waals surface area (Å²) in [5.74, 6) is 0. The number of fused-ring (bicyclic) bond motifs is 1. The van der Waals surface area contributed by atoms with E-state index in [4.69, 9.17) is 0 Å². The molecular formula is C17H17N3S. The van der Waals surface area contributed by atoms with Crippen molar-refractivity contribution in [2.45, 2.75) is 25.4 Å². The average molecular weight is 295 g/mol. The number of likely N-dealkylation sites (tertiary alicyclic amines) is 1. The van der Waals surface area contributed by atoms with Gasteiger partial charge in [-0.3, -0.25) is 14.9 Å². The molecule has 3 nitrogen and oxygen atoms in total. The molecule has 0 amide bonds. The maximum absolute atomic E-state index is 4.49. The highest BCUT2D eigenvalue weighted by atomic mass is 32.1. The minimum absolute atomic E-state index is 0.420. The van der Waals surface area contributed by atoms with Gasteiger partial charge < -0.3 is 0 Å². The molecule has 1 aromatic carbocycles. The Morgan fingerprint density at radius 3 is 3.05 bits per heavy atom. The molecule has 2 aromatic heterocycles. The summed E-state index contributed by atoms with van der Waals surface area (Å²) in [4.78, 5) is 12.7. The molecule has 0 saturated carbocycles. The predicted octanol–water partition coefficient (Wildman–Crippen LogP) is 4.03. The smallest absolute Gasteiger partial charge is 0.0758 e. The monoisotopic (exact) mass is 295 g/mol. The van der Waals surface area contributed by atoms with Gasteiger partial charge in [0.25, 0.3) is 0 Å². The average Bonchev–Trinajstić information content (AvgIpc) is 3.14. The van der Waals surface area contributed by atoms with Crippen molar-refractivity contribution in [2.24, 2.45) is 0 Å². The third kappa shape index (κ3) is 2.57. The van der Waals surface area contributed by atoms with Gasteiger partial charge in [-0.15, -0.1) is 11.3 Å². The van der Waals surface area contributed by atoms with E-state index in [-0.39, 0.29) is 0 Å². The molecule has 4 heteroatoms. The summed E-state index contributed by atoms with van der Waals surface area (Å²) in [6.07, 6.45) is 7.88. The first kappa shape index (κ1) is 12.9. The van der Waals surface area contributed by atoms with Crippen LogP contribution in [0.3, 0.4) is 0 Å². The highest BCUT2D eigenvalue weighted by Crippen LogP contribution is 2.34. The van der Waals surface area contributed by atoms with Gasteiger partial charge in [-0.05, 0) is 36.9 Å². The lowest BCUT2D eigenvalue weighted by molar-refractivity contribution is 0.246. The Hall–Kier alpha value is -1.78. The van der Waals surface area contributed by atoms with Crippen LogP contribution in [0.1, 0.15) is 29.5 Å². The van der Waals surface area contributed by atoms with Crippen molar-refractivity contribution in [3.8, 4) is 0 Å². The zero-order valence-corrected chi connectivity index (χ0v) is 12.6. The third-order valence-corrected chi connectivity index (χ3v) is 5.22. The minimum Gasteiger partial charge on any atom is -0.290 e. The molecule has 1 atom stereocenters. The third-order valence-electron chi connectivity index (χ3n) is 4.12. The van der Waals surface area contributed by atoms with Crippen molar-refractivity contribution in [1.82, 2.24) is 14.9 Å². The van der Waals surface area contributed by atoms with Crippen LogP contribution < -0.4 is 0 Å². The van der Waals surface area contributed by atoms with Gasteiger partial charge in [0.2, 0.25) is 0 Å². The van der Waals surface area contributed by atoms with Crippen LogP contribution in [-0.2, 0) is 6.54 Å². The van der Waals surface area contributed by atoms with Gasteiger partial charge in [0, 0.05) is 34.7 Å². The van der Waals surface area contributed by atoms with Crippen molar-refractivity contribution in [1.29, 1.82) is 0 Å². The quantitative estimate of drug-likeness (QED) is 0.730. The summed E-state index contributed by atoms with van der Waals surface area (Å²) in [7, 11) is 0. The van der Waals surface area contributed by atoms with E-state index in [9.17, 15) is 0 Å². The lowest BCUT2D eigenvalue weighted by Gasteiger charge is -2.22. The van der Waals surface area contributed by atoms with E-state index < -0.39 is 0 Å². The molecule has 1 aliphatic rings. The van der Waals surface area contributed by atoms with Crippen molar-refractivity contribution < 1.29 is 0 Å². The molecule has 0 N–H and O–H groups in total. The van der Waals surface area contributed by atoms with Crippen LogP contribution in [0.5, 0.6) is 0 Å². The second kappa shape index (κ2) is 5.54. The SMILES string of the molecule is c1ccc2sc(CN3CCCC3c3cnccn3)cc2c1. The second-order valence-corrected chi connectivity index (χ2v) is 6.68. The molecule has 0 spiro atoms. The number of thiophene rings is 1. The Kier molecular flexibility index (Phi) is 3.41. The van der Waals surface area contributed by atoms with Gasteiger partial charge in [-0.25, -0.2) is 0 Å². The fourth-order valence-electron chi connectivity index (χ4n) is 3.15. The number of rotatable bonds is 3. The number of hydrogen-bond acceptors (Lipinski definition) is 4. The second-order valence-electron chi connectivity index (χ2n) is 5.51. The fraction of sp³-hybridized carbons (Fsp3) is 0.294. The van der Waals surface area contributed by atoms with E-state index in [1.54, 1.807) is 12.4 Å². The lowest BCUT2D eigenvalue weighted by atomic mass is 10.1. The zero-order valence-electron chi connectivity index (χ0n) is 11.8. The Bertz CT molecular complexity index is 705. The summed E-state index contributed by atoms with van der Waals surface area (Å²) in [5.41, 5.74) is 1.11. The van der Waals surface area contributed by atoms with Crippen LogP contribution in [-0.4, -0.2) is 21.4 Å². The molecule has 3 heterocycles. The summed E-state index contributed by atoms with van der Waals surface area (Å²) < 4.78 is 1.38. The van der Waals surface area contributed by atoms with E-state index in [0.29, 0.717) is 6.04 Å². The Morgan fingerprint density at radius 1 is 1.24 bits per heavy atom. The summed E-state index contributed by atoms with van der Waals surface area (Å²) in [5, 5.41) is 1.35. The maximum Gasteiger partial charge on any atom is 0.0758 e. The van der Waals surface area contributed by atoms with Gasteiger partial charge in [-0.1, -0.05) is 18.2 Å². The highest BCUT2D eigenvalue weighted by molar-refractivity contribution is 7.19. The summed E-state index contributed by atoms with van der Waals surface area (Å²) in [6.45, 7) is 2.16. The molecule has 1 fully saturated rings. The molecule has 1 unspecified atom stereocenters. The highest BCUT2D eigenvalue weighted by Gasteiger charge is 2.27. The molecule has 4 rings (SSSR count). The van der Waals surface area contributed by atoms with E-state index in [2.05, 4.69) is 45.2 Å². The number of hydrogen-bond donors (Lipinski definition) is 0. The van der Waals surface area contributed by atoms with Gasteiger partial charge in [0.1, 0.15) is 0 Å². The molecule has 0 aliphatic carbocycles. The van der Waals surface area contributed by atoms with Gasteiger partial charge in [-0.2, -0.15) is 0 Å². The largest absolute Gasteiger partial charge is 0.290 e. The van der Waals surface area contributed by atoms with Gasteiger partial charge >= 0.3 is 0 Å².